The summed E-state index contributed by atoms with van der Waals surface area (Å²) in [6.07, 6.45) is 3.47. The van der Waals surface area contributed by atoms with Crippen molar-refractivity contribution >= 4 is 17.5 Å². The van der Waals surface area contributed by atoms with Crippen molar-refractivity contribution < 1.29 is 23.6 Å². The number of nitrogens with one attached hydrogen (secondary N) is 1. The van der Waals surface area contributed by atoms with Gasteiger partial charge in [-0.1, -0.05) is 5.16 Å². The third kappa shape index (κ3) is 5.18. The van der Waals surface area contributed by atoms with Crippen molar-refractivity contribution in [2.45, 2.75) is 46.0 Å². The maximum atomic E-state index is 12.6. The second-order valence-corrected chi connectivity index (χ2v) is 8.25. The van der Waals surface area contributed by atoms with E-state index in [1.165, 1.54) is 0 Å². The molecule has 8 heteroatoms. The molecule has 1 aromatic heterocycles. The summed E-state index contributed by atoms with van der Waals surface area (Å²) in [7, 11) is 0. The van der Waals surface area contributed by atoms with Crippen LogP contribution in [0.4, 0.5) is 5.69 Å². The minimum atomic E-state index is -0.00593. The van der Waals surface area contributed by atoms with E-state index in [1.54, 1.807) is 6.07 Å². The van der Waals surface area contributed by atoms with E-state index >= 15 is 0 Å². The number of amides is 2. The highest BCUT2D eigenvalue weighted by molar-refractivity contribution is 5.91. The van der Waals surface area contributed by atoms with Crippen LogP contribution in [0.15, 0.2) is 22.7 Å². The van der Waals surface area contributed by atoms with E-state index in [-0.39, 0.29) is 11.8 Å². The van der Waals surface area contributed by atoms with Gasteiger partial charge in [0.15, 0.2) is 11.5 Å². The lowest BCUT2D eigenvalue weighted by Gasteiger charge is -2.32. The highest BCUT2D eigenvalue weighted by atomic mass is 16.6. The Balaban J connectivity index is 1.19. The van der Waals surface area contributed by atoms with Gasteiger partial charge in [-0.25, -0.2) is 0 Å². The Hall–Kier alpha value is -3.03. The van der Waals surface area contributed by atoms with Crippen LogP contribution in [0, 0.1) is 19.8 Å². The van der Waals surface area contributed by atoms with E-state index in [0.29, 0.717) is 54.9 Å². The number of aromatic nitrogens is 1. The molecule has 3 heterocycles. The summed E-state index contributed by atoms with van der Waals surface area (Å²) in [6, 6.07) is 5.45. The van der Waals surface area contributed by atoms with Crippen LogP contribution in [-0.2, 0) is 16.0 Å². The summed E-state index contributed by atoms with van der Waals surface area (Å²) in [6.45, 7) is 6.23. The summed E-state index contributed by atoms with van der Waals surface area (Å²) in [5.41, 5.74) is 2.39. The molecule has 166 valence electrons. The number of likely N-dealkylation sites (tertiary alicyclic amines) is 1. The van der Waals surface area contributed by atoms with Crippen LogP contribution in [0.2, 0.25) is 0 Å². The van der Waals surface area contributed by atoms with Gasteiger partial charge in [-0.3, -0.25) is 9.59 Å². The summed E-state index contributed by atoms with van der Waals surface area (Å²) in [5.74, 6) is 2.65. The SMILES string of the molecule is Cc1noc(C)c1CC(=O)N1CCC(CCC(=O)Nc2ccc3c(c2)OCCO3)CC1. The van der Waals surface area contributed by atoms with Gasteiger partial charge in [0.2, 0.25) is 11.8 Å². The smallest absolute Gasteiger partial charge is 0.227 e. The number of rotatable bonds is 6. The number of ether oxygens (including phenoxy) is 2. The van der Waals surface area contributed by atoms with Crippen molar-refractivity contribution in [3.8, 4) is 11.5 Å². The Morgan fingerprint density at radius 1 is 1.13 bits per heavy atom. The van der Waals surface area contributed by atoms with E-state index in [4.69, 9.17) is 14.0 Å². The molecule has 0 aliphatic carbocycles. The molecule has 1 fully saturated rings. The maximum Gasteiger partial charge on any atom is 0.227 e. The number of hydrogen-bond acceptors (Lipinski definition) is 6. The van der Waals surface area contributed by atoms with E-state index < -0.39 is 0 Å². The fourth-order valence-electron chi connectivity index (χ4n) is 4.17. The Morgan fingerprint density at radius 3 is 2.58 bits per heavy atom. The summed E-state index contributed by atoms with van der Waals surface area (Å²) in [5, 5.41) is 6.86. The standard InChI is InChI=1S/C23H29N3O5/c1-15-19(16(2)31-25-15)14-23(28)26-9-7-17(8-10-26)3-6-22(27)24-18-4-5-20-21(13-18)30-12-11-29-20/h4-5,13,17H,3,6-12,14H2,1-2H3,(H,24,27). The number of benzene rings is 1. The molecule has 2 amide bonds. The van der Waals surface area contributed by atoms with Gasteiger partial charge in [0, 0.05) is 36.8 Å². The van der Waals surface area contributed by atoms with Gasteiger partial charge in [0.05, 0.1) is 12.1 Å². The molecular weight excluding hydrogens is 398 g/mol. The van der Waals surface area contributed by atoms with Gasteiger partial charge >= 0.3 is 0 Å². The molecular formula is C23H29N3O5. The van der Waals surface area contributed by atoms with Crippen LogP contribution < -0.4 is 14.8 Å². The van der Waals surface area contributed by atoms with Crippen molar-refractivity contribution in [2.75, 3.05) is 31.6 Å². The molecule has 2 aliphatic rings. The van der Waals surface area contributed by atoms with Crippen molar-refractivity contribution in [1.29, 1.82) is 0 Å². The van der Waals surface area contributed by atoms with Gasteiger partial charge < -0.3 is 24.2 Å². The Labute approximate surface area is 181 Å². The number of hydrogen-bond donors (Lipinski definition) is 1. The first kappa shape index (κ1) is 21.2. The Bertz CT molecular complexity index is 927. The summed E-state index contributed by atoms with van der Waals surface area (Å²) < 4.78 is 16.2. The first-order chi connectivity index (χ1) is 15.0. The van der Waals surface area contributed by atoms with Gasteiger partial charge in [-0.15, -0.1) is 0 Å². The van der Waals surface area contributed by atoms with Gasteiger partial charge in [-0.2, -0.15) is 0 Å². The fraction of sp³-hybridized carbons (Fsp3) is 0.522. The minimum absolute atomic E-state index is 0.00593. The lowest BCUT2D eigenvalue weighted by Crippen LogP contribution is -2.39. The number of aryl methyl sites for hydroxylation is 2. The van der Waals surface area contributed by atoms with Crippen LogP contribution in [0.3, 0.4) is 0 Å². The van der Waals surface area contributed by atoms with Crippen molar-refractivity contribution in [1.82, 2.24) is 10.1 Å². The average molecular weight is 428 g/mol. The van der Waals surface area contributed by atoms with E-state index in [9.17, 15) is 9.59 Å². The van der Waals surface area contributed by atoms with Crippen molar-refractivity contribution in [3.63, 3.8) is 0 Å². The van der Waals surface area contributed by atoms with Crippen LogP contribution in [0.25, 0.3) is 0 Å². The minimum Gasteiger partial charge on any atom is -0.486 e. The van der Waals surface area contributed by atoms with Crippen molar-refractivity contribution in [2.24, 2.45) is 5.92 Å². The number of carbonyl (C=O) groups is 2. The number of fused-ring (bicyclic) bond motifs is 1. The number of piperidine rings is 1. The largest absolute Gasteiger partial charge is 0.486 e. The van der Waals surface area contributed by atoms with Gasteiger partial charge in [-0.05, 0) is 51.2 Å². The second kappa shape index (κ2) is 9.41. The molecule has 1 saturated heterocycles. The van der Waals surface area contributed by atoms with E-state index in [0.717, 1.165) is 43.6 Å². The molecule has 8 nitrogen and oxygen atoms in total. The molecule has 1 N–H and O–H groups in total. The topological polar surface area (TPSA) is 93.9 Å². The first-order valence-electron chi connectivity index (χ1n) is 10.9. The highest BCUT2D eigenvalue weighted by Crippen LogP contribution is 2.32. The lowest BCUT2D eigenvalue weighted by molar-refractivity contribution is -0.132. The van der Waals surface area contributed by atoms with E-state index in [2.05, 4.69) is 10.5 Å². The number of anilines is 1. The molecule has 0 radical (unpaired) electrons. The molecule has 0 spiro atoms. The lowest BCUT2D eigenvalue weighted by atomic mass is 9.91. The molecule has 0 bridgehead atoms. The van der Waals surface area contributed by atoms with Gasteiger partial charge in [0.1, 0.15) is 19.0 Å². The second-order valence-electron chi connectivity index (χ2n) is 8.25. The third-order valence-corrected chi connectivity index (χ3v) is 6.08. The highest BCUT2D eigenvalue weighted by Gasteiger charge is 2.25. The van der Waals surface area contributed by atoms with Gasteiger partial charge in [0.25, 0.3) is 0 Å². The monoisotopic (exact) mass is 427 g/mol. The zero-order valence-electron chi connectivity index (χ0n) is 18.1. The zero-order valence-corrected chi connectivity index (χ0v) is 18.1. The van der Waals surface area contributed by atoms with Crippen LogP contribution >= 0.6 is 0 Å². The Kier molecular flexibility index (Phi) is 6.44. The molecule has 4 rings (SSSR count). The zero-order chi connectivity index (χ0) is 21.8. The molecule has 0 saturated carbocycles. The van der Waals surface area contributed by atoms with Crippen molar-refractivity contribution in [3.05, 3.63) is 35.2 Å². The molecule has 2 aromatic rings. The number of nitrogens with zero attached hydrogens (tertiary/aromatic N) is 2. The quantitative estimate of drug-likeness (QED) is 0.761. The first-order valence-corrected chi connectivity index (χ1v) is 10.9. The summed E-state index contributed by atoms with van der Waals surface area (Å²) >= 11 is 0. The van der Waals surface area contributed by atoms with Crippen LogP contribution in [0.1, 0.15) is 42.7 Å². The third-order valence-electron chi connectivity index (χ3n) is 6.08. The summed E-state index contributed by atoms with van der Waals surface area (Å²) in [4.78, 5) is 26.9. The van der Waals surface area contributed by atoms with Crippen LogP contribution in [-0.4, -0.2) is 48.2 Å². The maximum absolute atomic E-state index is 12.6. The Morgan fingerprint density at radius 2 is 1.87 bits per heavy atom. The number of carbonyl (C=O) groups excluding carboxylic acids is 2. The molecule has 0 unspecified atom stereocenters. The predicted molar refractivity (Wildman–Crippen MR) is 114 cm³/mol. The fourth-order valence-corrected chi connectivity index (χ4v) is 4.17. The predicted octanol–water partition coefficient (Wildman–Crippen LogP) is 3.26. The molecule has 31 heavy (non-hydrogen) atoms. The molecule has 2 aliphatic heterocycles. The normalized spacial score (nSPS) is 16.3. The van der Waals surface area contributed by atoms with Crippen LogP contribution in [0.5, 0.6) is 11.5 Å². The molecule has 0 atom stereocenters. The van der Waals surface area contributed by atoms with E-state index in [1.807, 2.05) is 30.9 Å². The average Bonchev–Trinajstić information content (AvgIpc) is 3.10. The molecule has 1 aromatic carbocycles.